The van der Waals surface area contributed by atoms with Gasteiger partial charge in [0.15, 0.2) is 11.6 Å². The van der Waals surface area contributed by atoms with Gasteiger partial charge in [-0.1, -0.05) is 117 Å². The number of carbonyl (C=O) groups is 2. The number of Topliss-reactive ketones (excluding diaryl/α,β-unsaturated/α-hetero) is 2. The molecule has 0 saturated carbocycles. The van der Waals surface area contributed by atoms with Crippen molar-refractivity contribution in [3.8, 4) is 0 Å². The monoisotopic (exact) mass is 473 g/mol. The van der Waals surface area contributed by atoms with Crippen molar-refractivity contribution in [3.05, 3.63) is 0 Å². The molecule has 0 amide bonds. The Morgan fingerprint density at radius 2 is 0.719 bits per heavy atom. The molecule has 0 fully saturated rings. The zero-order valence-corrected chi connectivity index (χ0v) is 23.0. The Morgan fingerprint density at radius 1 is 0.469 bits per heavy atom. The summed E-state index contributed by atoms with van der Waals surface area (Å²) in [6.45, 7) is 5.51. The molecule has 0 aliphatic heterocycles. The molecule has 32 heavy (non-hydrogen) atoms. The first-order chi connectivity index (χ1) is 14.9. The van der Waals surface area contributed by atoms with E-state index in [1.807, 2.05) is 14.1 Å². The molecular formula is C28H56ClNO2. The van der Waals surface area contributed by atoms with E-state index in [1.165, 1.54) is 103 Å². The average Bonchev–Trinajstić information content (AvgIpc) is 2.70. The van der Waals surface area contributed by atoms with Gasteiger partial charge < -0.3 is 16.9 Å². The van der Waals surface area contributed by atoms with Crippen LogP contribution in [0.1, 0.15) is 142 Å². The lowest BCUT2D eigenvalue weighted by Gasteiger charge is -2.28. The minimum Gasteiger partial charge on any atom is -1.00 e. The van der Waals surface area contributed by atoms with Gasteiger partial charge >= 0.3 is 0 Å². The fourth-order valence-electron chi connectivity index (χ4n) is 4.43. The van der Waals surface area contributed by atoms with E-state index in [4.69, 9.17) is 0 Å². The fourth-order valence-corrected chi connectivity index (χ4v) is 4.43. The third-order valence-corrected chi connectivity index (χ3v) is 6.33. The lowest BCUT2D eigenvalue weighted by atomic mass is 10.0. The molecule has 0 spiro atoms. The minimum atomic E-state index is 0. The molecule has 0 unspecified atom stereocenters. The molecule has 0 aromatic heterocycles. The highest BCUT2D eigenvalue weighted by atomic mass is 35.5. The Morgan fingerprint density at radius 3 is 1.00 bits per heavy atom. The first-order valence-corrected chi connectivity index (χ1v) is 13.8. The summed E-state index contributed by atoms with van der Waals surface area (Å²) in [6.07, 6.45) is 24.4. The molecule has 0 heterocycles. The van der Waals surface area contributed by atoms with Crippen LogP contribution in [-0.4, -0.2) is 43.2 Å². The second-order valence-electron chi connectivity index (χ2n) is 10.5. The number of hydrogen-bond acceptors (Lipinski definition) is 2. The Hall–Kier alpha value is -0.410. The predicted molar refractivity (Wildman–Crippen MR) is 136 cm³/mol. The molecule has 0 rings (SSSR count). The van der Waals surface area contributed by atoms with Crippen LogP contribution in [0.3, 0.4) is 0 Å². The molecule has 0 aliphatic carbocycles. The molecule has 0 aromatic carbocycles. The van der Waals surface area contributed by atoms with Crippen molar-refractivity contribution in [2.75, 3.05) is 27.2 Å². The van der Waals surface area contributed by atoms with Crippen molar-refractivity contribution in [1.82, 2.24) is 0 Å². The summed E-state index contributed by atoms with van der Waals surface area (Å²) in [5.41, 5.74) is 0. The molecule has 0 aromatic rings. The normalized spacial score (nSPS) is 11.4. The number of hydrogen-bond donors (Lipinski definition) is 0. The van der Waals surface area contributed by atoms with Crippen molar-refractivity contribution < 1.29 is 26.5 Å². The van der Waals surface area contributed by atoms with Crippen LogP contribution in [0.2, 0.25) is 0 Å². The minimum absolute atomic E-state index is 0. The molecule has 0 N–H and O–H groups in total. The van der Waals surface area contributed by atoms with Gasteiger partial charge in [-0.05, 0) is 12.8 Å². The Balaban J connectivity index is 0. The van der Waals surface area contributed by atoms with Gasteiger partial charge in [0.2, 0.25) is 0 Å². The van der Waals surface area contributed by atoms with Crippen molar-refractivity contribution in [3.63, 3.8) is 0 Å². The maximum Gasteiger partial charge on any atom is 0.186 e. The predicted octanol–water partition coefficient (Wildman–Crippen LogP) is 5.05. The maximum atomic E-state index is 12.3. The molecule has 0 saturated heterocycles. The smallest absolute Gasteiger partial charge is 0.186 e. The lowest BCUT2D eigenvalue weighted by molar-refractivity contribution is -0.874. The number of nitrogens with zero attached hydrogens (tertiary/aromatic N) is 1. The number of carbonyl (C=O) groups excluding carboxylic acids is 2. The molecule has 0 aliphatic rings. The summed E-state index contributed by atoms with van der Waals surface area (Å²) in [6, 6.07) is 0. The van der Waals surface area contributed by atoms with Crippen molar-refractivity contribution in [1.29, 1.82) is 0 Å². The van der Waals surface area contributed by atoms with E-state index in [1.54, 1.807) is 0 Å². The van der Waals surface area contributed by atoms with E-state index in [0.717, 1.165) is 12.8 Å². The molecule has 3 nitrogen and oxygen atoms in total. The van der Waals surface area contributed by atoms with Gasteiger partial charge in [0.05, 0.1) is 14.1 Å². The molecule has 0 bridgehead atoms. The van der Waals surface area contributed by atoms with E-state index in [0.29, 0.717) is 42.0 Å². The van der Waals surface area contributed by atoms with Gasteiger partial charge in [0, 0.05) is 12.8 Å². The average molecular weight is 474 g/mol. The van der Waals surface area contributed by atoms with Gasteiger partial charge in [0.1, 0.15) is 13.1 Å². The van der Waals surface area contributed by atoms with Crippen LogP contribution in [0, 0.1) is 0 Å². The van der Waals surface area contributed by atoms with Gasteiger partial charge in [-0.15, -0.1) is 0 Å². The molecule has 0 radical (unpaired) electrons. The number of quaternary nitrogens is 1. The topological polar surface area (TPSA) is 34.1 Å². The second-order valence-corrected chi connectivity index (χ2v) is 10.5. The molecular weight excluding hydrogens is 418 g/mol. The van der Waals surface area contributed by atoms with Gasteiger partial charge in [-0.2, -0.15) is 0 Å². The van der Waals surface area contributed by atoms with E-state index >= 15 is 0 Å². The summed E-state index contributed by atoms with van der Waals surface area (Å²) < 4.78 is 0.520. The van der Waals surface area contributed by atoms with Crippen LogP contribution in [0.4, 0.5) is 0 Å². The SMILES string of the molecule is CCCCCCCCCCCC(=O)C[N+](C)(C)CC(=O)CCCCCCCCCCC.[Cl-]. The van der Waals surface area contributed by atoms with Crippen LogP contribution in [0.15, 0.2) is 0 Å². The highest BCUT2D eigenvalue weighted by Gasteiger charge is 2.23. The van der Waals surface area contributed by atoms with Gasteiger partial charge in [-0.3, -0.25) is 9.59 Å². The third-order valence-electron chi connectivity index (χ3n) is 6.33. The Labute approximate surface area is 207 Å². The fraction of sp³-hybridized carbons (Fsp3) is 0.929. The van der Waals surface area contributed by atoms with Gasteiger partial charge in [0.25, 0.3) is 0 Å². The Bertz CT molecular complexity index is 399. The van der Waals surface area contributed by atoms with Crippen LogP contribution in [0.25, 0.3) is 0 Å². The van der Waals surface area contributed by atoms with E-state index < -0.39 is 0 Å². The maximum absolute atomic E-state index is 12.3. The standard InChI is InChI=1S/C28H56NO2.ClH/c1-5-7-9-11-13-15-17-19-21-23-27(30)25-29(3,4)26-28(31)24-22-20-18-16-14-12-10-8-6-2;/h5-26H2,1-4H3;1H/q+1;/p-1. The zero-order chi connectivity index (χ0) is 23.2. The molecule has 0 atom stereocenters. The van der Waals surface area contributed by atoms with Gasteiger partial charge in [-0.25, -0.2) is 0 Å². The second kappa shape index (κ2) is 23.7. The third kappa shape index (κ3) is 24.2. The van der Waals surface area contributed by atoms with Crippen LogP contribution >= 0.6 is 0 Å². The van der Waals surface area contributed by atoms with Crippen molar-refractivity contribution in [2.45, 2.75) is 142 Å². The van der Waals surface area contributed by atoms with E-state index in [2.05, 4.69) is 13.8 Å². The summed E-state index contributed by atoms with van der Waals surface area (Å²) in [5.74, 6) is 0.646. The first kappa shape index (κ1) is 33.8. The van der Waals surface area contributed by atoms with E-state index in [-0.39, 0.29) is 12.4 Å². The first-order valence-electron chi connectivity index (χ1n) is 13.8. The highest BCUT2D eigenvalue weighted by molar-refractivity contribution is 5.81. The quantitative estimate of drug-likeness (QED) is 0.145. The summed E-state index contributed by atoms with van der Waals surface area (Å²) in [4.78, 5) is 24.7. The van der Waals surface area contributed by atoms with Crippen LogP contribution in [0.5, 0.6) is 0 Å². The summed E-state index contributed by atoms with van der Waals surface area (Å²) in [7, 11) is 4.06. The number of rotatable bonds is 24. The van der Waals surface area contributed by atoms with Crippen LogP contribution < -0.4 is 12.4 Å². The zero-order valence-electron chi connectivity index (χ0n) is 22.2. The highest BCUT2D eigenvalue weighted by Crippen LogP contribution is 2.13. The van der Waals surface area contributed by atoms with Crippen molar-refractivity contribution in [2.24, 2.45) is 0 Å². The van der Waals surface area contributed by atoms with Crippen molar-refractivity contribution >= 4 is 11.6 Å². The lowest BCUT2D eigenvalue weighted by Crippen LogP contribution is -3.00. The number of ketones is 2. The number of halogens is 1. The largest absolute Gasteiger partial charge is 1.00 e. The Kier molecular flexibility index (Phi) is 25.0. The summed E-state index contributed by atoms with van der Waals surface area (Å²) >= 11 is 0. The number of unbranched alkanes of at least 4 members (excludes halogenated alkanes) is 16. The van der Waals surface area contributed by atoms with E-state index in [9.17, 15) is 9.59 Å². The molecule has 192 valence electrons. The number of likely N-dealkylation sites (N-methyl/N-ethyl adjacent to an activating group) is 1. The van der Waals surface area contributed by atoms with Crippen LogP contribution in [-0.2, 0) is 9.59 Å². The summed E-state index contributed by atoms with van der Waals surface area (Å²) in [5, 5.41) is 0. The molecule has 4 heteroatoms.